The topological polar surface area (TPSA) is 86.8 Å². The smallest absolute Gasteiger partial charge is 0.243 e. The summed E-state index contributed by atoms with van der Waals surface area (Å²) in [5, 5.41) is 4.64. The third-order valence-electron chi connectivity index (χ3n) is 5.93. The third kappa shape index (κ3) is 6.71. The molecular formula is C28H35N3O4S. The molecule has 0 aliphatic carbocycles. The van der Waals surface area contributed by atoms with Crippen LogP contribution in [0.3, 0.4) is 0 Å². The quantitative estimate of drug-likeness (QED) is 0.495. The Balaban J connectivity index is 1.85. The summed E-state index contributed by atoms with van der Waals surface area (Å²) in [6, 6.07) is 19.3. The molecule has 3 aromatic carbocycles. The number of carbonyl (C=O) groups is 2. The number of carbonyl (C=O) groups excluding carboxylic acids is 2. The van der Waals surface area contributed by atoms with Crippen LogP contribution in [0.1, 0.15) is 38.8 Å². The van der Waals surface area contributed by atoms with Crippen LogP contribution >= 0.6 is 0 Å². The number of likely N-dealkylation sites (N-methyl/N-ethyl adjacent to an activating group) is 1. The van der Waals surface area contributed by atoms with Crippen molar-refractivity contribution in [3.63, 3.8) is 0 Å². The van der Waals surface area contributed by atoms with Crippen molar-refractivity contribution in [3.8, 4) is 0 Å². The Hall–Kier alpha value is -3.23. The number of nitrogens with one attached hydrogen (secondary N) is 1. The zero-order valence-corrected chi connectivity index (χ0v) is 22.6. The van der Waals surface area contributed by atoms with E-state index < -0.39 is 34.1 Å². The van der Waals surface area contributed by atoms with Gasteiger partial charge in [-0.25, -0.2) is 8.42 Å². The molecule has 3 aromatic rings. The van der Waals surface area contributed by atoms with Crippen molar-refractivity contribution in [3.05, 3.63) is 77.9 Å². The lowest BCUT2D eigenvalue weighted by Crippen LogP contribution is -2.54. The Morgan fingerprint density at radius 2 is 1.56 bits per heavy atom. The Morgan fingerprint density at radius 3 is 2.17 bits per heavy atom. The van der Waals surface area contributed by atoms with E-state index in [0.717, 1.165) is 26.2 Å². The largest absolute Gasteiger partial charge is 0.350 e. The summed E-state index contributed by atoms with van der Waals surface area (Å²) in [6.45, 7) is 9.02. The van der Waals surface area contributed by atoms with Gasteiger partial charge in [0.1, 0.15) is 6.04 Å². The highest BCUT2D eigenvalue weighted by atomic mass is 32.2. The Morgan fingerprint density at radius 1 is 0.944 bits per heavy atom. The second kappa shape index (κ2) is 10.8. The molecule has 0 saturated carbocycles. The van der Waals surface area contributed by atoms with Crippen molar-refractivity contribution < 1.29 is 18.0 Å². The van der Waals surface area contributed by atoms with E-state index in [4.69, 9.17) is 0 Å². The number of fused-ring (bicyclic) bond motifs is 1. The summed E-state index contributed by atoms with van der Waals surface area (Å²) in [7, 11) is -2.55. The maximum absolute atomic E-state index is 13.5. The van der Waals surface area contributed by atoms with Gasteiger partial charge in [-0.3, -0.25) is 9.59 Å². The summed E-state index contributed by atoms with van der Waals surface area (Å²) in [5.74, 6) is -0.762. The van der Waals surface area contributed by atoms with Crippen LogP contribution in [0.25, 0.3) is 10.8 Å². The molecule has 3 rings (SSSR count). The van der Waals surface area contributed by atoms with E-state index in [1.54, 1.807) is 25.1 Å². The number of rotatable bonds is 8. The first-order chi connectivity index (χ1) is 16.8. The second-order valence-corrected chi connectivity index (χ2v) is 12.2. The van der Waals surface area contributed by atoms with Crippen LogP contribution < -0.4 is 5.32 Å². The Labute approximate surface area is 214 Å². The summed E-state index contributed by atoms with van der Waals surface area (Å²) < 4.78 is 27.6. The molecular weight excluding hydrogens is 474 g/mol. The Bertz CT molecular complexity index is 1350. The molecule has 192 valence electrons. The standard InChI is InChI=1S/C28H35N3O4S/c1-20-11-13-22(14-12-20)18-31(21(2)27(33)29-28(3,4)5)26(32)19-30(6)36(34,35)25-16-15-23-9-7-8-10-24(23)17-25/h7-17,21H,18-19H2,1-6H3,(H,29,33). The van der Waals surface area contributed by atoms with Crippen LogP contribution in [0, 0.1) is 6.92 Å². The lowest BCUT2D eigenvalue weighted by molar-refractivity contribution is -0.141. The van der Waals surface area contributed by atoms with Gasteiger partial charge in [-0.15, -0.1) is 0 Å². The second-order valence-electron chi connectivity index (χ2n) is 10.2. The molecule has 0 radical (unpaired) electrons. The summed E-state index contributed by atoms with van der Waals surface area (Å²) in [6.07, 6.45) is 0. The molecule has 8 heteroatoms. The fourth-order valence-corrected chi connectivity index (χ4v) is 4.98. The average Bonchev–Trinajstić information content (AvgIpc) is 2.81. The molecule has 2 amide bonds. The average molecular weight is 510 g/mol. The van der Waals surface area contributed by atoms with Gasteiger partial charge in [0.05, 0.1) is 11.4 Å². The molecule has 0 bridgehead atoms. The molecule has 0 aromatic heterocycles. The first-order valence-corrected chi connectivity index (χ1v) is 13.3. The number of sulfonamides is 1. The van der Waals surface area contributed by atoms with Crippen LogP contribution in [-0.2, 0) is 26.2 Å². The predicted octanol–water partition coefficient (Wildman–Crippen LogP) is 4.10. The molecule has 0 aliphatic rings. The summed E-state index contributed by atoms with van der Waals surface area (Å²) in [4.78, 5) is 27.9. The normalized spacial score (nSPS) is 13.0. The first kappa shape index (κ1) is 27.4. The fraction of sp³-hybridized carbons (Fsp3) is 0.357. The number of aryl methyl sites for hydroxylation is 1. The van der Waals surface area contributed by atoms with Gasteiger partial charge in [0.15, 0.2) is 0 Å². The van der Waals surface area contributed by atoms with Crippen molar-refractivity contribution >= 4 is 32.6 Å². The van der Waals surface area contributed by atoms with E-state index in [0.29, 0.717) is 0 Å². The van der Waals surface area contributed by atoms with Gasteiger partial charge in [-0.05, 0) is 63.1 Å². The molecule has 1 atom stereocenters. The lowest BCUT2D eigenvalue weighted by Gasteiger charge is -2.32. The number of amides is 2. The fourth-order valence-electron chi connectivity index (χ4n) is 3.82. The molecule has 0 saturated heterocycles. The number of nitrogens with zero attached hydrogens (tertiary/aromatic N) is 2. The minimum absolute atomic E-state index is 0.111. The lowest BCUT2D eigenvalue weighted by atomic mass is 10.1. The Kier molecular flexibility index (Phi) is 8.21. The van der Waals surface area contributed by atoms with Gasteiger partial charge in [0.2, 0.25) is 21.8 Å². The van der Waals surface area contributed by atoms with E-state index >= 15 is 0 Å². The minimum atomic E-state index is -3.93. The summed E-state index contributed by atoms with van der Waals surface area (Å²) >= 11 is 0. The van der Waals surface area contributed by atoms with Crippen molar-refractivity contribution in [2.45, 2.75) is 57.6 Å². The molecule has 0 spiro atoms. The highest BCUT2D eigenvalue weighted by molar-refractivity contribution is 7.89. The molecule has 0 fully saturated rings. The molecule has 1 unspecified atom stereocenters. The van der Waals surface area contributed by atoms with Crippen molar-refractivity contribution in [1.82, 2.24) is 14.5 Å². The summed E-state index contributed by atoms with van der Waals surface area (Å²) in [5.41, 5.74) is 1.46. The third-order valence-corrected chi connectivity index (χ3v) is 7.73. The van der Waals surface area contributed by atoms with E-state index in [9.17, 15) is 18.0 Å². The molecule has 0 aliphatic heterocycles. The SMILES string of the molecule is Cc1ccc(CN(C(=O)CN(C)S(=O)(=O)c2ccc3ccccc3c2)C(C)C(=O)NC(C)(C)C)cc1. The van der Waals surface area contributed by atoms with Gasteiger partial charge < -0.3 is 10.2 Å². The predicted molar refractivity (Wildman–Crippen MR) is 143 cm³/mol. The van der Waals surface area contributed by atoms with Gasteiger partial charge >= 0.3 is 0 Å². The van der Waals surface area contributed by atoms with Gasteiger partial charge in [0, 0.05) is 19.1 Å². The highest BCUT2D eigenvalue weighted by Gasteiger charge is 2.31. The number of benzene rings is 3. The van der Waals surface area contributed by atoms with Crippen molar-refractivity contribution in [1.29, 1.82) is 0 Å². The molecule has 7 nitrogen and oxygen atoms in total. The van der Waals surface area contributed by atoms with Crippen LogP contribution in [0.4, 0.5) is 0 Å². The number of hydrogen-bond acceptors (Lipinski definition) is 4. The van der Waals surface area contributed by atoms with Crippen LogP contribution in [0.5, 0.6) is 0 Å². The van der Waals surface area contributed by atoms with Crippen molar-refractivity contribution in [2.24, 2.45) is 0 Å². The van der Waals surface area contributed by atoms with E-state index in [1.165, 1.54) is 11.9 Å². The monoisotopic (exact) mass is 509 g/mol. The van der Waals surface area contributed by atoms with E-state index in [-0.39, 0.29) is 17.3 Å². The van der Waals surface area contributed by atoms with Crippen LogP contribution in [0.15, 0.2) is 71.6 Å². The molecule has 1 N–H and O–H groups in total. The van der Waals surface area contributed by atoms with E-state index in [2.05, 4.69) is 5.32 Å². The van der Waals surface area contributed by atoms with Gasteiger partial charge in [-0.1, -0.05) is 60.2 Å². The highest BCUT2D eigenvalue weighted by Crippen LogP contribution is 2.22. The molecule has 0 heterocycles. The van der Waals surface area contributed by atoms with Crippen molar-refractivity contribution in [2.75, 3.05) is 13.6 Å². The van der Waals surface area contributed by atoms with Gasteiger partial charge in [0.25, 0.3) is 0 Å². The first-order valence-electron chi connectivity index (χ1n) is 11.9. The van der Waals surface area contributed by atoms with Crippen LogP contribution in [-0.4, -0.2) is 54.6 Å². The van der Waals surface area contributed by atoms with Crippen LogP contribution in [0.2, 0.25) is 0 Å². The molecule has 36 heavy (non-hydrogen) atoms. The zero-order valence-electron chi connectivity index (χ0n) is 21.8. The number of hydrogen-bond donors (Lipinski definition) is 1. The maximum Gasteiger partial charge on any atom is 0.243 e. The van der Waals surface area contributed by atoms with E-state index in [1.807, 2.05) is 76.2 Å². The zero-order chi connectivity index (χ0) is 26.7. The minimum Gasteiger partial charge on any atom is -0.350 e. The van der Waals surface area contributed by atoms with Gasteiger partial charge in [-0.2, -0.15) is 4.31 Å². The maximum atomic E-state index is 13.5.